The molecule has 0 aliphatic heterocycles. The molecule has 2 aromatic carbocycles. The van der Waals surface area contributed by atoms with Gasteiger partial charge in [-0.25, -0.2) is 4.79 Å². The molecule has 4 heteroatoms. The van der Waals surface area contributed by atoms with Crippen molar-refractivity contribution in [2.75, 3.05) is 13.2 Å². The lowest BCUT2D eigenvalue weighted by Crippen LogP contribution is -2.38. The molecule has 2 N–H and O–H groups in total. The van der Waals surface area contributed by atoms with Gasteiger partial charge in [-0.2, -0.15) is 0 Å². The number of carbonyl (C=O) groups excluding carboxylic acids is 1. The van der Waals surface area contributed by atoms with Crippen LogP contribution in [0.15, 0.2) is 48.5 Å². The number of hydrogen-bond acceptors (Lipinski definition) is 2. The molecule has 0 saturated heterocycles. The molecule has 4 nitrogen and oxygen atoms in total. The second-order valence-corrected chi connectivity index (χ2v) is 5.70. The molecule has 23 heavy (non-hydrogen) atoms. The number of carbonyl (C=O) groups is 1. The van der Waals surface area contributed by atoms with Crippen molar-refractivity contribution in [3.63, 3.8) is 0 Å². The minimum atomic E-state index is -0.189. The second-order valence-electron chi connectivity index (χ2n) is 5.70. The summed E-state index contributed by atoms with van der Waals surface area (Å²) in [6.45, 7) is 6.93. The molecule has 0 aliphatic rings. The van der Waals surface area contributed by atoms with Crippen molar-refractivity contribution in [2.45, 2.75) is 26.8 Å². The zero-order chi connectivity index (χ0) is 16.7. The van der Waals surface area contributed by atoms with E-state index in [-0.39, 0.29) is 12.1 Å². The molecule has 0 bridgehead atoms. The zero-order valence-electron chi connectivity index (χ0n) is 13.9. The van der Waals surface area contributed by atoms with E-state index in [9.17, 15) is 4.79 Å². The fourth-order valence-electron chi connectivity index (χ4n) is 2.42. The SMILES string of the molecule is Cc1cc(C)cc(OCCNC(=O)NC(C)c2ccccc2)c1. The number of aryl methyl sites for hydroxylation is 2. The predicted octanol–water partition coefficient (Wildman–Crippen LogP) is 3.74. The highest BCUT2D eigenvalue weighted by molar-refractivity contribution is 5.74. The summed E-state index contributed by atoms with van der Waals surface area (Å²) < 4.78 is 5.67. The van der Waals surface area contributed by atoms with Gasteiger partial charge in [0.2, 0.25) is 0 Å². The first-order valence-electron chi connectivity index (χ1n) is 7.85. The largest absolute Gasteiger partial charge is 0.492 e. The average molecular weight is 312 g/mol. The fourth-order valence-corrected chi connectivity index (χ4v) is 2.42. The van der Waals surface area contributed by atoms with Crippen LogP contribution < -0.4 is 15.4 Å². The van der Waals surface area contributed by atoms with Crippen LogP contribution in [0.25, 0.3) is 0 Å². The standard InChI is InChI=1S/C19H24N2O2/c1-14-11-15(2)13-18(12-14)23-10-9-20-19(22)21-16(3)17-7-5-4-6-8-17/h4-8,11-13,16H,9-10H2,1-3H3,(H2,20,21,22). The number of amides is 2. The topological polar surface area (TPSA) is 50.4 Å². The van der Waals surface area contributed by atoms with Gasteiger partial charge in [0, 0.05) is 0 Å². The van der Waals surface area contributed by atoms with E-state index in [1.807, 2.05) is 63.2 Å². The van der Waals surface area contributed by atoms with Gasteiger partial charge in [0.15, 0.2) is 0 Å². The first-order chi connectivity index (χ1) is 11.0. The summed E-state index contributed by atoms with van der Waals surface area (Å²) >= 11 is 0. The van der Waals surface area contributed by atoms with E-state index in [4.69, 9.17) is 4.74 Å². The van der Waals surface area contributed by atoms with Crippen LogP contribution in [0.5, 0.6) is 5.75 Å². The second kappa shape index (κ2) is 8.22. The monoisotopic (exact) mass is 312 g/mol. The van der Waals surface area contributed by atoms with Gasteiger partial charge in [-0.15, -0.1) is 0 Å². The summed E-state index contributed by atoms with van der Waals surface area (Å²) in [6.07, 6.45) is 0. The first-order valence-corrected chi connectivity index (χ1v) is 7.85. The summed E-state index contributed by atoms with van der Waals surface area (Å²) in [6, 6.07) is 15.7. The van der Waals surface area contributed by atoms with E-state index < -0.39 is 0 Å². The molecular formula is C19H24N2O2. The Morgan fingerprint density at radius 1 is 1.09 bits per heavy atom. The molecule has 0 aliphatic carbocycles. The highest BCUT2D eigenvalue weighted by Gasteiger charge is 2.08. The Hall–Kier alpha value is -2.49. The van der Waals surface area contributed by atoms with E-state index in [0.29, 0.717) is 13.2 Å². The molecule has 1 atom stereocenters. The number of urea groups is 1. The number of nitrogens with one attached hydrogen (secondary N) is 2. The summed E-state index contributed by atoms with van der Waals surface area (Å²) in [5.41, 5.74) is 3.42. The van der Waals surface area contributed by atoms with Gasteiger partial charge in [0.1, 0.15) is 12.4 Å². The molecule has 0 aromatic heterocycles. The highest BCUT2D eigenvalue weighted by atomic mass is 16.5. The molecule has 2 aromatic rings. The van der Waals surface area contributed by atoms with Gasteiger partial charge in [-0.1, -0.05) is 36.4 Å². The molecule has 2 rings (SSSR count). The Morgan fingerprint density at radius 2 is 1.74 bits per heavy atom. The van der Waals surface area contributed by atoms with Crippen molar-refractivity contribution in [1.82, 2.24) is 10.6 Å². The first kappa shape index (κ1) is 16.9. The highest BCUT2D eigenvalue weighted by Crippen LogP contribution is 2.15. The van der Waals surface area contributed by atoms with Gasteiger partial charge in [0.05, 0.1) is 12.6 Å². The fraction of sp³-hybridized carbons (Fsp3) is 0.316. The van der Waals surface area contributed by atoms with Crippen molar-refractivity contribution in [2.24, 2.45) is 0 Å². The molecule has 2 amide bonds. The zero-order valence-corrected chi connectivity index (χ0v) is 13.9. The van der Waals surface area contributed by atoms with Gasteiger partial charge in [-0.3, -0.25) is 0 Å². The quantitative estimate of drug-likeness (QED) is 0.798. The smallest absolute Gasteiger partial charge is 0.315 e. The molecule has 0 heterocycles. The van der Waals surface area contributed by atoms with E-state index in [2.05, 4.69) is 16.7 Å². The third-order valence-corrected chi connectivity index (χ3v) is 3.50. The average Bonchev–Trinajstić information content (AvgIpc) is 2.51. The van der Waals surface area contributed by atoms with E-state index in [0.717, 1.165) is 11.3 Å². The Balaban J connectivity index is 1.70. The van der Waals surface area contributed by atoms with Crippen LogP contribution in [0.2, 0.25) is 0 Å². The van der Waals surface area contributed by atoms with E-state index in [1.54, 1.807) is 0 Å². The summed E-state index contributed by atoms with van der Waals surface area (Å²) in [7, 11) is 0. The van der Waals surface area contributed by atoms with Crippen molar-refractivity contribution in [3.8, 4) is 5.75 Å². The van der Waals surface area contributed by atoms with Crippen LogP contribution >= 0.6 is 0 Å². The summed E-state index contributed by atoms with van der Waals surface area (Å²) in [4.78, 5) is 11.9. The number of benzene rings is 2. The Bertz CT molecular complexity index is 621. The van der Waals surface area contributed by atoms with Gasteiger partial charge in [0.25, 0.3) is 0 Å². The molecule has 0 saturated carbocycles. The maximum Gasteiger partial charge on any atom is 0.315 e. The molecule has 122 valence electrons. The van der Waals surface area contributed by atoms with E-state index in [1.165, 1.54) is 11.1 Å². The normalized spacial score (nSPS) is 11.6. The lowest BCUT2D eigenvalue weighted by molar-refractivity contribution is 0.233. The lowest BCUT2D eigenvalue weighted by Gasteiger charge is -2.15. The van der Waals surface area contributed by atoms with Crippen molar-refractivity contribution in [3.05, 3.63) is 65.2 Å². The molecule has 0 spiro atoms. The predicted molar refractivity (Wildman–Crippen MR) is 92.8 cm³/mol. The third-order valence-electron chi connectivity index (χ3n) is 3.50. The van der Waals surface area contributed by atoms with Crippen LogP contribution in [0.3, 0.4) is 0 Å². The number of rotatable bonds is 6. The lowest BCUT2D eigenvalue weighted by atomic mass is 10.1. The van der Waals surface area contributed by atoms with Gasteiger partial charge in [-0.05, 0) is 49.6 Å². The van der Waals surface area contributed by atoms with Crippen LogP contribution in [0.1, 0.15) is 29.7 Å². The van der Waals surface area contributed by atoms with Crippen LogP contribution in [0.4, 0.5) is 4.79 Å². The summed E-state index contributed by atoms with van der Waals surface area (Å²) in [5.74, 6) is 0.836. The molecule has 1 unspecified atom stereocenters. The van der Waals surface area contributed by atoms with Crippen molar-refractivity contribution in [1.29, 1.82) is 0 Å². The van der Waals surface area contributed by atoms with E-state index >= 15 is 0 Å². The maximum absolute atomic E-state index is 11.9. The Kier molecular flexibility index (Phi) is 6.03. The summed E-state index contributed by atoms with van der Waals surface area (Å²) in [5, 5.41) is 5.72. The van der Waals surface area contributed by atoms with Gasteiger partial charge < -0.3 is 15.4 Å². The third kappa shape index (κ3) is 5.66. The van der Waals surface area contributed by atoms with Crippen molar-refractivity contribution < 1.29 is 9.53 Å². The van der Waals surface area contributed by atoms with Crippen LogP contribution in [-0.4, -0.2) is 19.2 Å². The number of hydrogen-bond donors (Lipinski definition) is 2. The van der Waals surface area contributed by atoms with Crippen molar-refractivity contribution >= 4 is 6.03 Å². The minimum absolute atomic E-state index is 0.0310. The Morgan fingerprint density at radius 3 is 2.39 bits per heavy atom. The van der Waals surface area contributed by atoms with Crippen LogP contribution in [0, 0.1) is 13.8 Å². The van der Waals surface area contributed by atoms with Crippen LogP contribution in [-0.2, 0) is 0 Å². The molecular weight excluding hydrogens is 288 g/mol. The maximum atomic E-state index is 11.9. The number of ether oxygens (including phenoxy) is 1. The Labute approximate surface area is 137 Å². The minimum Gasteiger partial charge on any atom is -0.492 e. The molecule has 0 fully saturated rings. The molecule has 0 radical (unpaired) electrons. The van der Waals surface area contributed by atoms with Gasteiger partial charge >= 0.3 is 6.03 Å².